The summed E-state index contributed by atoms with van der Waals surface area (Å²) in [4.78, 5) is 13.3. The van der Waals surface area contributed by atoms with E-state index in [0.717, 1.165) is 19.0 Å². The maximum atomic E-state index is 10.8. The fourth-order valence-corrected chi connectivity index (χ4v) is 2.79. The van der Waals surface area contributed by atoms with Crippen molar-refractivity contribution in [1.82, 2.24) is 4.90 Å². The minimum Gasteiger partial charge on any atom is -0.481 e. The number of carbonyl (C=O) groups is 1. The Kier molecular flexibility index (Phi) is 3.53. The smallest absolute Gasteiger partial charge is 0.306 e. The molecular formula is C13H23NO2. The lowest BCUT2D eigenvalue weighted by Gasteiger charge is -2.46. The second-order valence-electron chi connectivity index (χ2n) is 5.72. The summed E-state index contributed by atoms with van der Waals surface area (Å²) in [6.45, 7) is 6.10. The molecule has 0 bridgehead atoms. The van der Waals surface area contributed by atoms with Gasteiger partial charge in [-0.05, 0) is 25.2 Å². The first-order valence-corrected chi connectivity index (χ1v) is 6.54. The van der Waals surface area contributed by atoms with Crippen molar-refractivity contribution in [3.05, 3.63) is 0 Å². The van der Waals surface area contributed by atoms with Gasteiger partial charge in [-0.25, -0.2) is 0 Å². The lowest BCUT2D eigenvalue weighted by atomic mass is 9.79. The zero-order chi connectivity index (χ0) is 11.7. The summed E-state index contributed by atoms with van der Waals surface area (Å²) in [5, 5.41) is 8.92. The number of hydrogen-bond acceptors (Lipinski definition) is 2. The predicted molar refractivity (Wildman–Crippen MR) is 63.3 cm³/mol. The van der Waals surface area contributed by atoms with Crippen LogP contribution in [0.15, 0.2) is 0 Å². The summed E-state index contributed by atoms with van der Waals surface area (Å²) in [6.07, 6.45) is 5.55. The van der Waals surface area contributed by atoms with Gasteiger partial charge in [-0.15, -0.1) is 0 Å². The molecular weight excluding hydrogens is 202 g/mol. The predicted octanol–water partition coefficient (Wildman–Crippen LogP) is 2.22. The summed E-state index contributed by atoms with van der Waals surface area (Å²) >= 11 is 0. The van der Waals surface area contributed by atoms with Crippen molar-refractivity contribution in [2.24, 2.45) is 17.8 Å². The first-order chi connectivity index (χ1) is 7.58. The van der Waals surface area contributed by atoms with E-state index in [1.165, 1.54) is 25.7 Å². The third kappa shape index (κ3) is 2.40. The van der Waals surface area contributed by atoms with E-state index < -0.39 is 5.97 Å². The van der Waals surface area contributed by atoms with Crippen molar-refractivity contribution in [3.63, 3.8) is 0 Å². The second kappa shape index (κ2) is 4.74. The molecule has 1 aliphatic carbocycles. The van der Waals surface area contributed by atoms with Crippen LogP contribution in [0.2, 0.25) is 0 Å². The Labute approximate surface area is 97.8 Å². The van der Waals surface area contributed by atoms with Gasteiger partial charge in [0.2, 0.25) is 0 Å². The van der Waals surface area contributed by atoms with Crippen LogP contribution in [0.3, 0.4) is 0 Å². The third-order valence-corrected chi connectivity index (χ3v) is 4.56. The molecule has 1 saturated carbocycles. The topological polar surface area (TPSA) is 40.5 Å². The number of carboxylic acid groups (broad SMARTS) is 1. The van der Waals surface area contributed by atoms with E-state index in [1.54, 1.807) is 0 Å². The van der Waals surface area contributed by atoms with E-state index in [-0.39, 0.29) is 5.92 Å². The molecule has 16 heavy (non-hydrogen) atoms. The molecule has 2 fully saturated rings. The molecule has 2 atom stereocenters. The lowest BCUT2D eigenvalue weighted by molar-refractivity contribution is -0.146. The van der Waals surface area contributed by atoms with Crippen LogP contribution in [-0.4, -0.2) is 35.1 Å². The van der Waals surface area contributed by atoms with Crippen molar-refractivity contribution >= 4 is 5.97 Å². The van der Waals surface area contributed by atoms with Crippen LogP contribution in [0.25, 0.3) is 0 Å². The SMILES string of the molecule is CC(C(=O)O)C1CN(C(C)CC2CCC2)C1. The van der Waals surface area contributed by atoms with Crippen molar-refractivity contribution < 1.29 is 9.90 Å². The summed E-state index contributed by atoms with van der Waals surface area (Å²) in [6, 6.07) is 0.655. The van der Waals surface area contributed by atoms with Gasteiger partial charge in [-0.3, -0.25) is 9.69 Å². The van der Waals surface area contributed by atoms with Crippen LogP contribution in [-0.2, 0) is 4.79 Å². The molecule has 3 nitrogen and oxygen atoms in total. The first-order valence-electron chi connectivity index (χ1n) is 6.54. The molecule has 2 unspecified atom stereocenters. The molecule has 0 amide bonds. The molecule has 3 heteroatoms. The summed E-state index contributed by atoms with van der Waals surface area (Å²) in [5.41, 5.74) is 0. The summed E-state index contributed by atoms with van der Waals surface area (Å²) in [7, 11) is 0. The van der Waals surface area contributed by atoms with E-state index in [2.05, 4.69) is 11.8 Å². The van der Waals surface area contributed by atoms with Gasteiger partial charge in [0, 0.05) is 19.1 Å². The number of hydrogen-bond donors (Lipinski definition) is 1. The fourth-order valence-electron chi connectivity index (χ4n) is 2.79. The Morgan fingerprint density at radius 3 is 2.44 bits per heavy atom. The monoisotopic (exact) mass is 225 g/mol. The number of carboxylic acids is 1. The van der Waals surface area contributed by atoms with Gasteiger partial charge < -0.3 is 5.11 Å². The van der Waals surface area contributed by atoms with Gasteiger partial charge in [0.05, 0.1) is 5.92 Å². The van der Waals surface area contributed by atoms with Crippen molar-refractivity contribution in [2.75, 3.05) is 13.1 Å². The summed E-state index contributed by atoms with van der Waals surface area (Å²) in [5.74, 6) is 0.510. The van der Waals surface area contributed by atoms with E-state index in [9.17, 15) is 4.79 Å². The highest BCUT2D eigenvalue weighted by atomic mass is 16.4. The fraction of sp³-hybridized carbons (Fsp3) is 0.923. The number of likely N-dealkylation sites (tertiary alicyclic amines) is 1. The molecule has 0 radical (unpaired) electrons. The largest absolute Gasteiger partial charge is 0.481 e. The highest BCUT2D eigenvalue weighted by molar-refractivity contribution is 5.70. The Hall–Kier alpha value is -0.570. The van der Waals surface area contributed by atoms with Crippen molar-refractivity contribution in [2.45, 2.75) is 45.6 Å². The Morgan fingerprint density at radius 2 is 2.00 bits per heavy atom. The quantitative estimate of drug-likeness (QED) is 0.780. The minimum absolute atomic E-state index is 0.174. The van der Waals surface area contributed by atoms with Gasteiger partial charge in [0.25, 0.3) is 0 Å². The van der Waals surface area contributed by atoms with Gasteiger partial charge in [0.15, 0.2) is 0 Å². The molecule has 1 N–H and O–H groups in total. The molecule has 2 aliphatic rings. The van der Waals surface area contributed by atoms with Gasteiger partial charge in [-0.2, -0.15) is 0 Å². The summed E-state index contributed by atoms with van der Waals surface area (Å²) < 4.78 is 0. The molecule has 1 saturated heterocycles. The maximum absolute atomic E-state index is 10.8. The second-order valence-corrected chi connectivity index (χ2v) is 5.72. The molecule has 1 heterocycles. The Balaban J connectivity index is 1.68. The van der Waals surface area contributed by atoms with Crippen LogP contribution in [0, 0.1) is 17.8 Å². The van der Waals surface area contributed by atoms with Crippen LogP contribution < -0.4 is 0 Å². The molecule has 2 rings (SSSR count). The first kappa shape index (κ1) is 11.9. The highest BCUT2D eigenvalue weighted by Crippen LogP contribution is 2.34. The maximum Gasteiger partial charge on any atom is 0.306 e. The molecule has 0 aromatic rings. The molecule has 0 spiro atoms. The highest BCUT2D eigenvalue weighted by Gasteiger charge is 2.37. The van der Waals surface area contributed by atoms with Crippen LogP contribution in [0.5, 0.6) is 0 Å². The molecule has 0 aromatic heterocycles. The van der Waals surface area contributed by atoms with Crippen molar-refractivity contribution in [3.8, 4) is 0 Å². The average Bonchev–Trinajstić information content (AvgIpc) is 2.08. The Morgan fingerprint density at radius 1 is 1.38 bits per heavy atom. The average molecular weight is 225 g/mol. The van der Waals surface area contributed by atoms with Crippen LogP contribution in [0.4, 0.5) is 0 Å². The van der Waals surface area contributed by atoms with Crippen LogP contribution >= 0.6 is 0 Å². The molecule has 1 aliphatic heterocycles. The zero-order valence-electron chi connectivity index (χ0n) is 10.4. The van der Waals surface area contributed by atoms with E-state index >= 15 is 0 Å². The normalized spacial score (nSPS) is 26.9. The molecule has 0 aromatic carbocycles. The minimum atomic E-state index is -0.642. The number of aliphatic carboxylic acids is 1. The van der Waals surface area contributed by atoms with E-state index in [1.807, 2.05) is 6.92 Å². The van der Waals surface area contributed by atoms with Gasteiger partial charge in [0.1, 0.15) is 0 Å². The standard InChI is InChI=1S/C13H23NO2/c1-9(6-11-4-3-5-11)14-7-12(8-14)10(2)13(15)16/h9-12H,3-8H2,1-2H3,(H,15,16). The lowest BCUT2D eigenvalue weighted by Crippen LogP contribution is -2.54. The van der Waals surface area contributed by atoms with Gasteiger partial charge in [-0.1, -0.05) is 26.2 Å². The third-order valence-electron chi connectivity index (χ3n) is 4.56. The molecule has 92 valence electrons. The zero-order valence-corrected chi connectivity index (χ0v) is 10.4. The Bertz CT molecular complexity index is 257. The van der Waals surface area contributed by atoms with E-state index in [4.69, 9.17) is 5.11 Å². The number of rotatable bonds is 5. The van der Waals surface area contributed by atoms with E-state index in [0.29, 0.717) is 12.0 Å². The van der Waals surface area contributed by atoms with Crippen molar-refractivity contribution in [1.29, 1.82) is 0 Å². The number of nitrogens with zero attached hydrogens (tertiary/aromatic N) is 1. The van der Waals surface area contributed by atoms with Crippen LogP contribution in [0.1, 0.15) is 39.5 Å². The van der Waals surface area contributed by atoms with Gasteiger partial charge >= 0.3 is 5.97 Å².